The Hall–Kier alpha value is -3.76. The quantitative estimate of drug-likeness (QED) is 0.0405. The number of hydrazine groups is 1. The van der Waals surface area contributed by atoms with E-state index in [9.17, 15) is 24.5 Å². The first kappa shape index (κ1) is 38.1. The van der Waals surface area contributed by atoms with Gasteiger partial charge in [-0.3, -0.25) is 19.2 Å². The van der Waals surface area contributed by atoms with Crippen LogP contribution in [0.2, 0.25) is 0 Å². The predicted octanol–water partition coefficient (Wildman–Crippen LogP) is 3.15. The lowest BCUT2D eigenvalue weighted by Crippen LogP contribution is -2.65. The highest BCUT2D eigenvalue weighted by Crippen LogP contribution is 2.65. The predicted molar refractivity (Wildman–Crippen MR) is 184 cm³/mol. The van der Waals surface area contributed by atoms with Gasteiger partial charge in [-0.25, -0.2) is 15.1 Å². The van der Waals surface area contributed by atoms with Crippen LogP contribution in [0.25, 0.3) is 0 Å². The third-order valence-electron chi connectivity index (χ3n) is 9.94. The molecule has 270 valence electrons. The first-order valence-corrected chi connectivity index (χ1v) is 17.0. The zero-order valence-electron chi connectivity index (χ0n) is 29.9. The molecule has 1 aliphatic heterocycles. The maximum Gasteiger partial charge on any atom is 0.481 e. The second-order valence-electron chi connectivity index (χ2n) is 15.6. The van der Waals surface area contributed by atoms with Crippen molar-refractivity contribution >= 4 is 37.0 Å². The number of hydrogen-bond acceptors (Lipinski definition) is 9. The first-order valence-electron chi connectivity index (χ1n) is 17.0. The zero-order valence-corrected chi connectivity index (χ0v) is 29.9. The van der Waals surface area contributed by atoms with Crippen LogP contribution in [0, 0.1) is 33.3 Å². The summed E-state index contributed by atoms with van der Waals surface area (Å²) in [5.41, 5.74) is 6.91. The number of rotatable bonds is 15. The van der Waals surface area contributed by atoms with E-state index >= 15 is 0 Å². The SMILES string of the molecule is CC(C)C[C@H](NC(=O)[C@H](CCCN=C(N)N[N+](=O)[O-])NC(=O)c1cccc(N(C=O)OC(C)(C)C)c1)B1O[C@@H]2C[C@@H]3C[C@@H](C3(C)C)[C@]2(C)O1. The molecule has 0 spiro atoms. The van der Waals surface area contributed by atoms with E-state index in [-0.39, 0.29) is 48.3 Å². The fourth-order valence-electron chi connectivity index (χ4n) is 7.45. The molecule has 0 aromatic heterocycles. The van der Waals surface area contributed by atoms with Crippen molar-refractivity contribution in [3.8, 4) is 0 Å². The highest BCUT2D eigenvalue weighted by atomic mass is 16.7. The molecule has 2 bridgehead atoms. The van der Waals surface area contributed by atoms with Crippen molar-refractivity contribution in [1.82, 2.24) is 16.1 Å². The lowest BCUT2D eigenvalue weighted by Gasteiger charge is -2.64. The Kier molecular flexibility index (Phi) is 11.7. The average molecular weight is 686 g/mol. The van der Waals surface area contributed by atoms with Gasteiger partial charge in [-0.05, 0) is 101 Å². The minimum absolute atomic E-state index is 0.0621. The molecule has 0 radical (unpaired) electrons. The van der Waals surface area contributed by atoms with Crippen molar-refractivity contribution in [3.63, 3.8) is 0 Å². The number of amides is 3. The normalized spacial score (nSPS) is 25.4. The van der Waals surface area contributed by atoms with Crippen molar-refractivity contribution in [1.29, 1.82) is 0 Å². The third kappa shape index (κ3) is 9.08. The molecule has 5 N–H and O–H groups in total. The number of hydrogen-bond donors (Lipinski definition) is 4. The Morgan fingerprint density at radius 3 is 2.57 bits per heavy atom. The largest absolute Gasteiger partial charge is 0.481 e. The third-order valence-corrected chi connectivity index (χ3v) is 9.94. The van der Waals surface area contributed by atoms with Gasteiger partial charge in [0.05, 0.1) is 28.9 Å². The summed E-state index contributed by atoms with van der Waals surface area (Å²) in [6.45, 7) is 16.3. The maximum absolute atomic E-state index is 14.0. The molecule has 49 heavy (non-hydrogen) atoms. The molecule has 4 fully saturated rings. The fourth-order valence-corrected chi connectivity index (χ4v) is 7.45. The maximum atomic E-state index is 14.0. The highest BCUT2D eigenvalue weighted by molar-refractivity contribution is 6.48. The van der Waals surface area contributed by atoms with Crippen LogP contribution in [-0.2, 0) is 23.7 Å². The number of nitrogens with one attached hydrogen (secondary N) is 3. The van der Waals surface area contributed by atoms with Crippen LogP contribution >= 0.6 is 0 Å². The number of aliphatic imine (C=N–C) groups is 1. The van der Waals surface area contributed by atoms with Crippen molar-refractivity contribution in [2.24, 2.45) is 33.9 Å². The van der Waals surface area contributed by atoms with Gasteiger partial charge in [0.1, 0.15) is 6.04 Å². The Morgan fingerprint density at radius 2 is 1.96 bits per heavy atom. The van der Waals surface area contributed by atoms with E-state index in [0.29, 0.717) is 30.4 Å². The van der Waals surface area contributed by atoms with E-state index in [0.717, 1.165) is 17.9 Å². The number of guanidine groups is 1. The number of anilines is 1. The van der Waals surface area contributed by atoms with E-state index in [1.807, 2.05) is 0 Å². The number of nitro groups is 1. The van der Waals surface area contributed by atoms with E-state index in [1.54, 1.807) is 44.4 Å². The summed E-state index contributed by atoms with van der Waals surface area (Å²) >= 11 is 0. The number of nitrogens with zero attached hydrogens (tertiary/aromatic N) is 3. The number of carbonyl (C=O) groups excluding carboxylic acids is 3. The van der Waals surface area contributed by atoms with Crippen LogP contribution in [0.4, 0.5) is 5.69 Å². The van der Waals surface area contributed by atoms with Gasteiger partial charge in [0.2, 0.25) is 12.3 Å². The van der Waals surface area contributed by atoms with Crippen molar-refractivity contribution in [3.05, 3.63) is 39.9 Å². The summed E-state index contributed by atoms with van der Waals surface area (Å²) in [6.07, 6.45) is 3.48. The van der Waals surface area contributed by atoms with Gasteiger partial charge in [-0.2, -0.15) is 5.06 Å². The van der Waals surface area contributed by atoms with Gasteiger partial charge in [-0.15, -0.1) is 0 Å². The highest BCUT2D eigenvalue weighted by Gasteiger charge is 2.68. The summed E-state index contributed by atoms with van der Waals surface area (Å²) in [6, 6.07) is 5.30. The van der Waals surface area contributed by atoms with Gasteiger partial charge in [-0.1, -0.05) is 39.2 Å². The number of carbonyl (C=O) groups is 3. The molecule has 1 heterocycles. The number of nitrogens with two attached hydrogens (primary N) is 1. The zero-order chi connectivity index (χ0) is 36.3. The summed E-state index contributed by atoms with van der Waals surface area (Å²) in [5, 5.41) is 16.9. The second-order valence-corrected chi connectivity index (χ2v) is 15.6. The molecule has 16 heteroatoms. The average Bonchev–Trinajstić information content (AvgIpc) is 3.37. The summed E-state index contributed by atoms with van der Waals surface area (Å²) in [5.74, 6) is -0.691. The van der Waals surface area contributed by atoms with Gasteiger partial charge < -0.3 is 25.7 Å². The molecular weight excluding hydrogens is 633 g/mol. The first-order chi connectivity index (χ1) is 22.8. The van der Waals surface area contributed by atoms with Gasteiger partial charge >= 0.3 is 7.12 Å². The Labute approximate surface area is 288 Å². The fraction of sp³-hybridized carbons (Fsp3) is 0.697. The number of benzene rings is 1. The molecule has 1 aromatic carbocycles. The lowest BCUT2D eigenvalue weighted by atomic mass is 9.43. The minimum Gasteiger partial charge on any atom is -0.404 e. The summed E-state index contributed by atoms with van der Waals surface area (Å²) in [7, 11) is -0.653. The van der Waals surface area contributed by atoms with Crippen LogP contribution in [0.5, 0.6) is 0 Å². The van der Waals surface area contributed by atoms with Crippen LogP contribution in [0.1, 0.15) is 97.9 Å². The second kappa shape index (κ2) is 15.0. The molecule has 5 rings (SSSR count). The standard InChI is InChI=1S/C33H52BN7O8/c1-20(2)15-27(34-47-26-18-22-17-25(32(22,6)7)33(26,8)48-34)38-29(44)24(13-10-14-36-30(35)39-41(45)46)37-28(43)21-11-9-12-23(16-21)40(19-42)49-31(3,4)5/h9,11-12,16,19-20,22,24-27H,10,13-15,17-18H2,1-8H3,(H,37,43)(H,38,44)(H3,35,36,39)/t22-,24-,25-,26+,27-,33-/m0/s1. The molecule has 3 aliphatic carbocycles. The van der Waals surface area contributed by atoms with Gasteiger partial charge in [0, 0.05) is 12.1 Å². The Morgan fingerprint density at radius 1 is 1.24 bits per heavy atom. The molecular formula is C33H52BN7O8. The van der Waals surface area contributed by atoms with Gasteiger partial charge in [0.15, 0.2) is 5.03 Å². The summed E-state index contributed by atoms with van der Waals surface area (Å²) in [4.78, 5) is 59.7. The molecule has 1 aromatic rings. The molecule has 6 atom stereocenters. The topological polar surface area (TPSA) is 200 Å². The lowest BCUT2D eigenvalue weighted by molar-refractivity contribution is -0.525. The molecule has 0 unspecified atom stereocenters. The van der Waals surface area contributed by atoms with E-state index in [1.165, 1.54) is 6.07 Å². The van der Waals surface area contributed by atoms with Crippen molar-refractivity contribution in [2.75, 3.05) is 11.6 Å². The van der Waals surface area contributed by atoms with Crippen LogP contribution in [0.3, 0.4) is 0 Å². The van der Waals surface area contributed by atoms with Crippen molar-refractivity contribution < 1.29 is 33.6 Å². The Balaban J connectivity index is 1.52. The molecule has 1 saturated heterocycles. The van der Waals surface area contributed by atoms with Crippen molar-refractivity contribution in [2.45, 2.75) is 117 Å². The molecule has 3 saturated carbocycles. The van der Waals surface area contributed by atoms with E-state index < -0.39 is 47.2 Å². The minimum atomic E-state index is -1.01. The van der Waals surface area contributed by atoms with E-state index in [4.69, 9.17) is 19.9 Å². The summed E-state index contributed by atoms with van der Waals surface area (Å²) < 4.78 is 13.2. The van der Waals surface area contributed by atoms with Gasteiger partial charge in [0.25, 0.3) is 11.9 Å². The smallest absolute Gasteiger partial charge is 0.404 e. The number of hydroxylamine groups is 1. The van der Waals surface area contributed by atoms with E-state index in [2.05, 4.69) is 50.2 Å². The molecule has 3 amide bonds. The molecule has 4 aliphatic rings. The van der Waals surface area contributed by atoms with Crippen LogP contribution < -0.4 is 26.9 Å². The monoisotopic (exact) mass is 685 g/mol. The molecule has 15 nitrogen and oxygen atoms in total. The van der Waals surface area contributed by atoms with Crippen LogP contribution in [-0.4, -0.2) is 72.2 Å². The van der Waals surface area contributed by atoms with Crippen LogP contribution in [0.15, 0.2) is 29.3 Å². The Bertz CT molecular complexity index is 1420.